The first-order chi connectivity index (χ1) is 6.12. The fourth-order valence-corrected chi connectivity index (χ4v) is 1.81. The molecule has 0 aromatic rings. The van der Waals surface area contributed by atoms with Crippen LogP contribution in [0.25, 0.3) is 0 Å². The van der Waals surface area contributed by atoms with Gasteiger partial charge >= 0.3 is 0 Å². The van der Waals surface area contributed by atoms with Gasteiger partial charge < -0.3 is 0 Å². The largest absolute Gasteiger partial charge is 0.0654 e. The Morgan fingerprint density at radius 2 is 1.54 bits per heavy atom. The molecule has 0 rings (SSSR count). The summed E-state index contributed by atoms with van der Waals surface area (Å²) in [5.41, 5.74) is 0.536. The zero-order valence-electron chi connectivity index (χ0n) is 9.86. The number of hydrogen-bond donors (Lipinski definition) is 0. The minimum Gasteiger partial charge on any atom is -0.0654 e. The molecule has 0 nitrogen and oxygen atoms in total. The Labute approximate surface area is 85.1 Å². The molecule has 1 radical (unpaired) electrons. The van der Waals surface area contributed by atoms with Gasteiger partial charge in [-0.05, 0) is 18.3 Å². The monoisotopic (exact) mass is 183 g/mol. The molecular weight excluding hydrogens is 156 g/mol. The molecule has 0 heterocycles. The van der Waals surface area contributed by atoms with Gasteiger partial charge in [-0.2, -0.15) is 0 Å². The van der Waals surface area contributed by atoms with E-state index in [1.165, 1.54) is 44.9 Å². The molecule has 13 heavy (non-hydrogen) atoms. The molecule has 0 aliphatic carbocycles. The summed E-state index contributed by atoms with van der Waals surface area (Å²) in [6, 6.07) is 0. The topological polar surface area (TPSA) is 0 Å². The second-order valence-corrected chi connectivity index (χ2v) is 4.93. The molecule has 79 valence electrons. The Bertz CT molecular complexity index is 103. The van der Waals surface area contributed by atoms with Gasteiger partial charge in [-0.15, -0.1) is 0 Å². The van der Waals surface area contributed by atoms with Crippen LogP contribution in [0.3, 0.4) is 0 Å². The SMILES string of the molecule is [CH2]CCC(C)(C)CCCCCCC. The van der Waals surface area contributed by atoms with Gasteiger partial charge in [0.15, 0.2) is 0 Å². The molecular formula is C13H27. The van der Waals surface area contributed by atoms with Gasteiger partial charge in [-0.1, -0.05) is 66.2 Å². The molecule has 0 N–H and O–H groups in total. The summed E-state index contributed by atoms with van der Waals surface area (Å²) in [6.07, 6.45) is 10.8. The Morgan fingerprint density at radius 3 is 2.08 bits per heavy atom. The van der Waals surface area contributed by atoms with Crippen LogP contribution in [0.4, 0.5) is 0 Å². The van der Waals surface area contributed by atoms with Crippen LogP contribution in [0.2, 0.25) is 0 Å². The van der Waals surface area contributed by atoms with Crippen LogP contribution < -0.4 is 0 Å². The van der Waals surface area contributed by atoms with E-state index in [1.807, 2.05) is 0 Å². The highest BCUT2D eigenvalue weighted by molar-refractivity contribution is 4.68. The van der Waals surface area contributed by atoms with Crippen molar-refractivity contribution in [3.05, 3.63) is 6.92 Å². The van der Waals surface area contributed by atoms with Crippen molar-refractivity contribution in [3.63, 3.8) is 0 Å². The van der Waals surface area contributed by atoms with Gasteiger partial charge in [0.05, 0.1) is 0 Å². The van der Waals surface area contributed by atoms with Crippen molar-refractivity contribution in [2.24, 2.45) is 5.41 Å². The second-order valence-electron chi connectivity index (χ2n) is 4.93. The normalized spacial score (nSPS) is 12.0. The molecule has 0 aromatic heterocycles. The lowest BCUT2D eigenvalue weighted by molar-refractivity contribution is 0.296. The van der Waals surface area contributed by atoms with E-state index in [9.17, 15) is 0 Å². The molecule has 0 aliphatic rings. The molecule has 0 atom stereocenters. The third kappa shape index (κ3) is 8.33. The highest BCUT2D eigenvalue weighted by Crippen LogP contribution is 2.28. The smallest absolute Gasteiger partial charge is 0.0354 e. The Morgan fingerprint density at radius 1 is 0.923 bits per heavy atom. The van der Waals surface area contributed by atoms with Crippen LogP contribution in [-0.4, -0.2) is 0 Å². The summed E-state index contributed by atoms with van der Waals surface area (Å²) in [4.78, 5) is 0. The van der Waals surface area contributed by atoms with E-state index >= 15 is 0 Å². The Hall–Kier alpha value is 0. The Kier molecular flexibility index (Phi) is 7.41. The zero-order valence-corrected chi connectivity index (χ0v) is 9.86. The van der Waals surface area contributed by atoms with Crippen LogP contribution in [0.15, 0.2) is 0 Å². The molecule has 0 unspecified atom stereocenters. The van der Waals surface area contributed by atoms with E-state index < -0.39 is 0 Å². The maximum absolute atomic E-state index is 3.93. The van der Waals surface area contributed by atoms with Gasteiger partial charge in [0.25, 0.3) is 0 Å². The average Bonchev–Trinajstić information content (AvgIpc) is 2.04. The molecule has 0 bridgehead atoms. The first-order valence-electron chi connectivity index (χ1n) is 5.91. The quantitative estimate of drug-likeness (QED) is 0.465. The summed E-state index contributed by atoms with van der Waals surface area (Å²) in [5, 5.41) is 0. The number of rotatable bonds is 8. The minimum atomic E-state index is 0.536. The zero-order chi connectivity index (χ0) is 10.2. The van der Waals surface area contributed by atoms with Gasteiger partial charge in [0, 0.05) is 0 Å². The highest BCUT2D eigenvalue weighted by atomic mass is 14.2. The number of hydrogen-bond acceptors (Lipinski definition) is 0. The van der Waals surface area contributed by atoms with Crippen LogP contribution in [-0.2, 0) is 0 Å². The van der Waals surface area contributed by atoms with E-state index in [0.29, 0.717) is 5.41 Å². The molecule has 0 heteroatoms. The van der Waals surface area contributed by atoms with Gasteiger partial charge in [0.2, 0.25) is 0 Å². The van der Waals surface area contributed by atoms with Crippen molar-refractivity contribution in [2.75, 3.05) is 0 Å². The van der Waals surface area contributed by atoms with Crippen LogP contribution in [0, 0.1) is 12.3 Å². The molecule has 0 aromatic carbocycles. The van der Waals surface area contributed by atoms with Crippen molar-refractivity contribution in [1.82, 2.24) is 0 Å². The summed E-state index contributed by atoms with van der Waals surface area (Å²) in [7, 11) is 0. The van der Waals surface area contributed by atoms with Crippen molar-refractivity contribution in [1.29, 1.82) is 0 Å². The summed E-state index contributed by atoms with van der Waals surface area (Å²) in [6.45, 7) is 10.9. The van der Waals surface area contributed by atoms with Crippen LogP contribution in [0.5, 0.6) is 0 Å². The predicted molar refractivity (Wildman–Crippen MR) is 61.7 cm³/mol. The lowest BCUT2D eigenvalue weighted by atomic mass is 9.83. The molecule has 0 aliphatic heterocycles. The van der Waals surface area contributed by atoms with E-state index in [0.717, 1.165) is 6.42 Å². The van der Waals surface area contributed by atoms with Crippen molar-refractivity contribution >= 4 is 0 Å². The lowest BCUT2D eigenvalue weighted by Crippen LogP contribution is -2.10. The molecule has 0 saturated heterocycles. The van der Waals surface area contributed by atoms with Crippen molar-refractivity contribution in [3.8, 4) is 0 Å². The molecule has 0 amide bonds. The molecule has 0 saturated carbocycles. The number of unbranched alkanes of at least 4 members (excludes halogenated alkanes) is 4. The standard InChI is InChI=1S/C13H27/c1-5-7-8-9-10-12-13(3,4)11-6-2/h2,5-12H2,1,3-4H3. The third-order valence-electron chi connectivity index (χ3n) is 2.81. The van der Waals surface area contributed by atoms with Crippen molar-refractivity contribution in [2.45, 2.75) is 72.1 Å². The van der Waals surface area contributed by atoms with Crippen LogP contribution >= 0.6 is 0 Å². The Balaban J connectivity index is 3.29. The highest BCUT2D eigenvalue weighted by Gasteiger charge is 2.15. The lowest BCUT2D eigenvalue weighted by Gasteiger charge is -2.23. The van der Waals surface area contributed by atoms with Crippen molar-refractivity contribution < 1.29 is 0 Å². The van der Waals surface area contributed by atoms with E-state index in [-0.39, 0.29) is 0 Å². The van der Waals surface area contributed by atoms with Gasteiger partial charge in [0.1, 0.15) is 0 Å². The van der Waals surface area contributed by atoms with Gasteiger partial charge in [-0.3, -0.25) is 0 Å². The summed E-state index contributed by atoms with van der Waals surface area (Å²) in [5.74, 6) is 0. The van der Waals surface area contributed by atoms with E-state index in [4.69, 9.17) is 0 Å². The minimum absolute atomic E-state index is 0.536. The maximum Gasteiger partial charge on any atom is -0.0354 e. The van der Waals surface area contributed by atoms with E-state index in [1.54, 1.807) is 0 Å². The maximum atomic E-state index is 3.93. The van der Waals surface area contributed by atoms with Crippen LogP contribution in [0.1, 0.15) is 72.1 Å². The molecule has 0 fully saturated rings. The average molecular weight is 183 g/mol. The van der Waals surface area contributed by atoms with Gasteiger partial charge in [-0.25, -0.2) is 0 Å². The third-order valence-corrected chi connectivity index (χ3v) is 2.81. The first kappa shape index (κ1) is 13.0. The fraction of sp³-hybridized carbons (Fsp3) is 0.923. The first-order valence-corrected chi connectivity index (χ1v) is 5.91. The summed E-state index contributed by atoms with van der Waals surface area (Å²) >= 11 is 0. The second kappa shape index (κ2) is 7.41. The predicted octanol–water partition coefficient (Wildman–Crippen LogP) is 4.99. The van der Waals surface area contributed by atoms with E-state index in [2.05, 4.69) is 27.7 Å². The molecule has 0 spiro atoms. The summed E-state index contributed by atoms with van der Waals surface area (Å²) < 4.78 is 0. The fourth-order valence-electron chi connectivity index (χ4n) is 1.81.